The van der Waals surface area contributed by atoms with Crippen LogP contribution in [-0.4, -0.2) is 53.3 Å². The summed E-state index contributed by atoms with van der Waals surface area (Å²) in [7, 11) is 1.53. The molecule has 0 aliphatic carbocycles. The first-order valence-electron chi connectivity index (χ1n) is 6.56. The van der Waals surface area contributed by atoms with E-state index in [4.69, 9.17) is 4.74 Å². The second-order valence-corrected chi connectivity index (χ2v) is 6.08. The number of carbonyl (C=O) groups excluding carboxylic acids is 2. The van der Waals surface area contributed by atoms with Crippen LogP contribution in [0.1, 0.15) is 40.0 Å². The molecule has 110 valence electrons. The summed E-state index contributed by atoms with van der Waals surface area (Å²) in [5.41, 5.74) is -1.72. The van der Waals surface area contributed by atoms with E-state index in [1.165, 1.54) is 11.9 Å². The minimum absolute atomic E-state index is 0.00278. The van der Waals surface area contributed by atoms with Gasteiger partial charge in [-0.2, -0.15) is 0 Å². The summed E-state index contributed by atoms with van der Waals surface area (Å²) in [6.07, 6.45) is 0.734. The van der Waals surface area contributed by atoms with Crippen molar-refractivity contribution in [3.8, 4) is 0 Å². The van der Waals surface area contributed by atoms with Crippen LogP contribution in [0.5, 0.6) is 0 Å². The second-order valence-electron chi connectivity index (χ2n) is 6.08. The first-order chi connectivity index (χ1) is 8.65. The molecule has 0 aromatic heterocycles. The lowest BCUT2D eigenvalue weighted by Gasteiger charge is -2.39. The Bertz CT molecular complexity index is 351. The average molecular weight is 272 g/mol. The maximum Gasteiger partial charge on any atom is 0.410 e. The van der Waals surface area contributed by atoms with E-state index in [2.05, 4.69) is 5.32 Å². The van der Waals surface area contributed by atoms with Gasteiger partial charge in [0.25, 0.3) is 0 Å². The van der Waals surface area contributed by atoms with Crippen molar-refractivity contribution in [1.82, 2.24) is 10.2 Å². The molecule has 1 heterocycles. The van der Waals surface area contributed by atoms with Gasteiger partial charge in [-0.15, -0.1) is 0 Å². The topological polar surface area (TPSA) is 78.9 Å². The number of carbonyl (C=O) groups is 2. The normalized spacial score (nSPS) is 23.9. The molecule has 1 saturated heterocycles. The fourth-order valence-electron chi connectivity index (χ4n) is 2.13. The lowest BCUT2D eigenvalue weighted by molar-refractivity contribution is -0.128. The summed E-state index contributed by atoms with van der Waals surface area (Å²) in [6.45, 7) is 6.07. The number of hydrogen-bond donors (Lipinski definition) is 2. The average Bonchev–Trinajstić information content (AvgIpc) is 2.26. The van der Waals surface area contributed by atoms with Gasteiger partial charge in [-0.1, -0.05) is 0 Å². The Morgan fingerprint density at radius 3 is 2.58 bits per heavy atom. The Kier molecular flexibility index (Phi) is 4.79. The van der Waals surface area contributed by atoms with Gasteiger partial charge >= 0.3 is 6.09 Å². The maximum atomic E-state index is 11.9. The van der Waals surface area contributed by atoms with E-state index in [1.807, 2.05) is 0 Å². The number of nitrogens with one attached hydrogen (secondary N) is 1. The van der Waals surface area contributed by atoms with E-state index < -0.39 is 17.3 Å². The third kappa shape index (κ3) is 5.06. The summed E-state index contributed by atoms with van der Waals surface area (Å²) in [6, 6.07) is 0. The predicted octanol–water partition coefficient (Wildman–Crippen LogP) is 0.884. The largest absolute Gasteiger partial charge is 0.444 e. The second kappa shape index (κ2) is 5.77. The van der Waals surface area contributed by atoms with Crippen molar-refractivity contribution >= 4 is 12.0 Å². The van der Waals surface area contributed by atoms with Gasteiger partial charge in [-0.3, -0.25) is 4.79 Å². The molecule has 1 fully saturated rings. The van der Waals surface area contributed by atoms with Gasteiger partial charge in [0.15, 0.2) is 0 Å². The Morgan fingerprint density at radius 2 is 2.05 bits per heavy atom. The quantitative estimate of drug-likeness (QED) is 0.782. The number of nitrogens with zero attached hydrogens (tertiary/aromatic N) is 1. The van der Waals surface area contributed by atoms with Gasteiger partial charge < -0.3 is 20.1 Å². The Labute approximate surface area is 114 Å². The van der Waals surface area contributed by atoms with E-state index in [1.54, 1.807) is 20.8 Å². The maximum absolute atomic E-state index is 11.9. The summed E-state index contributed by atoms with van der Waals surface area (Å²) in [4.78, 5) is 24.8. The van der Waals surface area contributed by atoms with Crippen molar-refractivity contribution in [3.05, 3.63) is 0 Å². The number of rotatable bonds is 2. The molecule has 2 amide bonds. The van der Waals surface area contributed by atoms with Crippen LogP contribution in [0.2, 0.25) is 0 Å². The predicted molar refractivity (Wildman–Crippen MR) is 70.7 cm³/mol. The number of hydrogen-bond acceptors (Lipinski definition) is 4. The Balaban J connectivity index is 2.63. The van der Waals surface area contributed by atoms with E-state index in [0.29, 0.717) is 19.4 Å². The van der Waals surface area contributed by atoms with Gasteiger partial charge in [0, 0.05) is 13.6 Å². The molecule has 1 unspecified atom stereocenters. The van der Waals surface area contributed by atoms with Crippen molar-refractivity contribution in [2.45, 2.75) is 51.2 Å². The van der Waals surface area contributed by atoms with E-state index in [9.17, 15) is 14.7 Å². The van der Waals surface area contributed by atoms with Crippen molar-refractivity contribution < 1.29 is 19.4 Å². The highest BCUT2D eigenvalue weighted by Gasteiger charge is 2.38. The highest BCUT2D eigenvalue weighted by Crippen LogP contribution is 2.25. The fraction of sp³-hybridized carbons (Fsp3) is 0.846. The number of likely N-dealkylation sites (tertiary alicyclic amines) is 1. The molecule has 6 heteroatoms. The summed E-state index contributed by atoms with van der Waals surface area (Å²) < 4.78 is 5.28. The fourth-order valence-corrected chi connectivity index (χ4v) is 2.13. The third-order valence-electron chi connectivity index (χ3n) is 2.98. The molecule has 0 radical (unpaired) electrons. The van der Waals surface area contributed by atoms with Crippen LogP contribution in [0.25, 0.3) is 0 Å². The minimum atomic E-state index is -1.16. The molecule has 1 aliphatic rings. The molecular weight excluding hydrogens is 248 g/mol. The molecule has 0 bridgehead atoms. The minimum Gasteiger partial charge on any atom is -0.444 e. The molecule has 6 nitrogen and oxygen atoms in total. The highest BCUT2D eigenvalue weighted by atomic mass is 16.6. The van der Waals surface area contributed by atoms with Crippen LogP contribution in [0.15, 0.2) is 0 Å². The van der Waals surface area contributed by atoms with Crippen molar-refractivity contribution in [2.24, 2.45) is 0 Å². The van der Waals surface area contributed by atoms with Crippen molar-refractivity contribution in [2.75, 3.05) is 20.1 Å². The monoisotopic (exact) mass is 272 g/mol. The van der Waals surface area contributed by atoms with Crippen LogP contribution in [0.4, 0.5) is 4.79 Å². The third-order valence-corrected chi connectivity index (χ3v) is 2.98. The first kappa shape index (κ1) is 15.8. The molecule has 19 heavy (non-hydrogen) atoms. The standard InChI is InChI=1S/C13H24N2O4/c1-12(2,3)19-11(17)15-7-5-6-13(18,9-15)8-10(16)14-4/h18H,5-9H2,1-4H3,(H,14,16). The van der Waals surface area contributed by atoms with Crippen molar-refractivity contribution in [1.29, 1.82) is 0 Å². The van der Waals surface area contributed by atoms with Gasteiger partial charge in [0.1, 0.15) is 5.60 Å². The molecule has 0 spiro atoms. The summed E-state index contributed by atoms with van der Waals surface area (Å²) >= 11 is 0. The summed E-state index contributed by atoms with van der Waals surface area (Å²) in [5.74, 6) is -0.228. The van der Waals surface area contributed by atoms with Crippen LogP contribution in [0, 0.1) is 0 Å². The number of amides is 2. The zero-order valence-electron chi connectivity index (χ0n) is 12.2. The van der Waals surface area contributed by atoms with Crippen LogP contribution in [0.3, 0.4) is 0 Å². The van der Waals surface area contributed by atoms with Crippen LogP contribution < -0.4 is 5.32 Å². The Morgan fingerprint density at radius 1 is 1.42 bits per heavy atom. The molecule has 0 saturated carbocycles. The molecule has 1 rings (SSSR count). The number of β-amino-alcohol motifs (C(OH)–C–C–N with tert-alkyl or cyclic N) is 1. The van der Waals surface area contributed by atoms with Crippen molar-refractivity contribution in [3.63, 3.8) is 0 Å². The van der Waals surface area contributed by atoms with Gasteiger partial charge in [-0.05, 0) is 33.6 Å². The smallest absolute Gasteiger partial charge is 0.410 e. The first-order valence-corrected chi connectivity index (χ1v) is 6.56. The molecule has 1 atom stereocenters. The lowest BCUT2D eigenvalue weighted by atomic mass is 9.89. The molecule has 0 aromatic carbocycles. The SMILES string of the molecule is CNC(=O)CC1(O)CCCN(C(=O)OC(C)(C)C)C1. The van der Waals surface area contributed by atoms with Crippen LogP contribution >= 0.6 is 0 Å². The van der Waals surface area contributed by atoms with Crippen LogP contribution in [-0.2, 0) is 9.53 Å². The number of aliphatic hydroxyl groups is 1. The lowest BCUT2D eigenvalue weighted by Crippen LogP contribution is -2.53. The van der Waals surface area contributed by atoms with E-state index in [0.717, 1.165) is 0 Å². The highest BCUT2D eigenvalue weighted by molar-refractivity contribution is 5.77. The molecule has 1 aliphatic heterocycles. The molecule has 0 aromatic rings. The number of piperidine rings is 1. The van der Waals surface area contributed by atoms with E-state index >= 15 is 0 Å². The zero-order valence-corrected chi connectivity index (χ0v) is 12.2. The zero-order chi connectivity index (χ0) is 14.7. The van der Waals surface area contributed by atoms with Gasteiger partial charge in [-0.25, -0.2) is 4.79 Å². The Hall–Kier alpha value is -1.30. The number of ether oxygens (including phenoxy) is 1. The van der Waals surface area contributed by atoms with E-state index in [-0.39, 0.29) is 18.9 Å². The molecule has 2 N–H and O–H groups in total. The summed E-state index contributed by atoms with van der Waals surface area (Å²) in [5, 5.41) is 12.9. The van der Waals surface area contributed by atoms with Gasteiger partial charge in [0.2, 0.25) is 5.91 Å². The molecular formula is C13H24N2O4. The van der Waals surface area contributed by atoms with Gasteiger partial charge in [0.05, 0.1) is 18.6 Å².